The van der Waals surface area contributed by atoms with E-state index in [0.29, 0.717) is 30.0 Å². The van der Waals surface area contributed by atoms with E-state index in [4.69, 9.17) is 11.6 Å². The molecule has 12 heteroatoms. The van der Waals surface area contributed by atoms with Gasteiger partial charge in [0.25, 0.3) is 5.91 Å². The van der Waals surface area contributed by atoms with E-state index in [-0.39, 0.29) is 12.2 Å². The third-order valence-corrected chi connectivity index (χ3v) is 7.07. The van der Waals surface area contributed by atoms with Gasteiger partial charge in [-0.1, -0.05) is 12.1 Å². The zero-order valence-corrected chi connectivity index (χ0v) is 22.8. The molecule has 1 aliphatic heterocycles. The fraction of sp³-hybridized carbons (Fsp3) is 0.357. The molecule has 0 bridgehead atoms. The Morgan fingerprint density at radius 1 is 1.27 bits per heavy atom. The van der Waals surface area contributed by atoms with Crippen molar-refractivity contribution < 1.29 is 18.0 Å². The van der Waals surface area contributed by atoms with Gasteiger partial charge >= 0.3 is 6.18 Å². The molecule has 214 valence electrons. The van der Waals surface area contributed by atoms with Crippen LogP contribution in [0.5, 0.6) is 0 Å². The minimum atomic E-state index is -4.48. The van der Waals surface area contributed by atoms with E-state index in [0.717, 1.165) is 47.6 Å². The molecule has 1 saturated heterocycles. The first-order valence-electron chi connectivity index (χ1n) is 12.9. The van der Waals surface area contributed by atoms with Crippen molar-refractivity contribution in [3.05, 3.63) is 94.2 Å². The first-order chi connectivity index (χ1) is 18.9. The highest BCUT2D eigenvalue weighted by atomic mass is 19.4. The number of hydrogen-bond donors (Lipinski definition) is 4. The third-order valence-electron chi connectivity index (χ3n) is 7.07. The SMILES string of the molecule is Cc1ccc(C(=O)NC2=CC(C(F)(F)F)C=CC(N3CCNCC3)=C2)cc1CN(N)/C=C(\N)c1cnn(C)c1C. The van der Waals surface area contributed by atoms with Crippen molar-refractivity contribution in [1.29, 1.82) is 0 Å². The first-order valence-corrected chi connectivity index (χ1v) is 12.9. The third kappa shape index (κ3) is 6.93. The van der Waals surface area contributed by atoms with Crippen LogP contribution in [0, 0.1) is 19.8 Å². The molecule has 1 unspecified atom stereocenters. The predicted octanol–water partition coefficient (Wildman–Crippen LogP) is 2.82. The second-order valence-electron chi connectivity index (χ2n) is 9.97. The summed E-state index contributed by atoms with van der Waals surface area (Å²) in [5.74, 6) is 3.88. The van der Waals surface area contributed by atoms with Crippen molar-refractivity contribution in [2.75, 3.05) is 26.2 Å². The van der Waals surface area contributed by atoms with Crippen molar-refractivity contribution in [3.8, 4) is 0 Å². The van der Waals surface area contributed by atoms with E-state index in [1.807, 2.05) is 25.8 Å². The minimum Gasteiger partial charge on any atom is -0.397 e. The Balaban J connectivity index is 1.53. The Kier molecular flexibility index (Phi) is 8.70. The lowest BCUT2D eigenvalue weighted by Crippen LogP contribution is -2.42. The average Bonchev–Trinajstić information content (AvgIpc) is 3.09. The van der Waals surface area contributed by atoms with Gasteiger partial charge < -0.3 is 26.3 Å². The van der Waals surface area contributed by atoms with Gasteiger partial charge in [0, 0.05) is 67.6 Å². The monoisotopic (exact) mass is 556 g/mol. The molecule has 0 spiro atoms. The Hall–Kier alpha value is -4.03. The lowest BCUT2D eigenvalue weighted by atomic mass is 10.0. The number of nitrogens with one attached hydrogen (secondary N) is 2. The molecule has 1 aromatic heterocycles. The quantitative estimate of drug-likeness (QED) is 0.306. The van der Waals surface area contributed by atoms with Gasteiger partial charge in [-0.3, -0.25) is 9.48 Å². The largest absolute Gasteiger partial charge is 0.398 e. The molecule has 1 fully saturated rings. The van der Waals surface area contributed by atoms with Gasteiger partial charge in [-0.15, -0.1) is 0 Å². The molecule has 40 heavy (non-hydrogen) atoms. The van der Waals surface area contributed by atoms with E-state index in [9.17, 15) is 18.0 Å². The van der Waals surface area contributed by atoms with Gasteiger partial charge in [0.2, 0.25) is 0 Å². The van der Waals surface area contributed by atoms with Crippen molar-refractivity contribution in [2.45, 2.75) is 26.6 Å². The number of rotatable bonds is 7. The summed E-state index contributed by atoms with van der Waals surface area (Å²) in [5, 5.41) is 11.5. The number of amides is 1. The van der Waals surface area contributed by atoms with Crippen LogP contribution in [-0.2, 0) is 13.6 Å². The molecular formula is C28H35F3N8O. The fourth-order valence-electron chi connectivity index (χ4n) is 4.57. The number of allylic oxidation sites excluding steroid dienone is 4. The molecule has 1 amide bonds. The number of hydrazine groups is 1. The zero-order chi connectivity index (χ0) is 29.0. The van der Waals surface area contributed by atoms with Crippen LogP contribution in [0.15, 0.2) is 66.3 Å². The van der Waals surface area contributed by atoms with Gasteiger partial charge in [0.05, 0.1) is 24.4 Å². The van der Waals surface area contributed by atoms with E-state index in [2.05, 4.69) is 15.7 Å². The highest BCUT2D eigenvalue weighted by Gasteiger charge is 2.37. The summed E-state index contributed by atoms with van der Waals surface area (Å²) in [6.07, 6.45) is 4.01. The van der Waals surface area contributed by atoms with E-state index in [1.54, 1.807) is 41.4 Å². The maximum absolute atomic E-state index is 13.7. The Labute approximate surface area is 231 Å². The zero-order valence-electron chi connectivity index (χ0n) is 22.8. The van der Waals surface area contributed by atoms with Crippen LogP contribution in [0.4, 0.5) is 13.2 Å². The number of aryl methyl sites for hydroxylation is 2. The molecule has 6 N–H and O–H groups in total. The van der Waals surface area contributed by atoms with E-state index >= 15 is 0 Å². The van der Waals surface area contributed by atoms with Crippen molar-refractivity contribution in [1.82, 2.24) is 30.3 Å². The summed E-state index contributed by atoms with van der Waals surface area (Å²) >= 11 is 0. The molecule has 1 aromatic carbocycles. The molecule has 1 atom stereocenters. The molecule has 2 aromatic rings. The van der Waals surface area contributed by atoms with Crippen LogP contribution in [-0.4, -0.2) is 58.0 Å². The van der Waals surface area contributed by atoms with Crippen LogP contribution >= 0.6 is 0 Å². The molecule has 0 saturated carbocycles. The topological polar surface area (TPSA) is 117 Å². The standard InChI is InChI=1S/C28H35F3N8O/c1-18-4-5-20(12-21(18)16-39(33)17-26(32)25-15-35-37(3)19(25)2)27(40)36-23-13-22(28(29,30)31)6-7-24(14-23)38-10-8-34-9-11-38/h4-7,12-15,17,22,34H,8-11,16,32-33H2,1-3H3,(H,36,40)/b26-17-. The van der Waals surface area contributed by atoms with Gasteiger partial charge in [-0.25, -0.2) is 5.84 Å². The van der Waals surface area contributed by atoms with E-state index in [1.165, 1.54) is 11.1 Å². The van der Waals surface area contributed by atoms with Gasteiger partial charge in [0.1, 0.15) is 0 Å². The number of halogens is 3. The average molecular weight is 557 g/mol. The number of benzene rings is 1. The summed E-state index contributed by atoms with van der Waals surface area (Å²) in [5.41, 5.74) is 11.0. The lowest BCUT2D eigenvalue weighted by molar-refractivity contribution is -0.148. The number of carbonyl (C=O) groups excluding carboxylic acids is 1. The number of hydrogen-bond acceptors (Lipinski definition) is 7. The van der Waals surface area contributed by atoms with Crippen LogP contribution in [0.3, 0.4) is 0 Å². The normalized spacial score (nSPS) is 18.2. The molecular weight excluding hydrogens is 521 g/mol. The van der Waals surface area contributed by atoms with Crippen LogP contribution < -0.4 is 22.2 Å². The molecule has 9 nitrogen and oxygen atoms in total. The van der Waals surface area contributed by atoms with Crippen LogP contribution in [0.1, 0.15) is 32.7 Å². The van der Waals surface area contributed by atoms with Gasteiger partial charge in [-0.2, -0.15) is 18.3 Å². The fourth-order valence-corrected chi connectivity index (χ4v) is 4.57. The maximum atomic E-state index is 13.7. The van der Waals surface area contributed by atoms with Crippen molar-refractivity contribution in [2.24, 2.45) is 24.5 Å². The van der Waals surface area contributed by atoms with E-state index < -0.39 is 18.0 Å². The van der Waals surface area contributed by atoms with Gasteiger partial charge in [0.15, 0.2) is 0 Å². The lowest BCUT2D eigenvalue weighted by Gasteiger charge is -2.30. The highest BCUT2D eigenvalue weighted by Crippen LogP contribution is 2.32. The molecule has 2 heterocycles. The smallest absolute Gasteiger partial charge is 0.397 e. The number of nitrogens with two attached hydrogens (primary N) is 2. The van der Waals surface area contributed by atoms with Crippen LogP contribution in [0.2, 0.25) is 0 Å². The summed E-state index contributed by atoms with van der Waals surface area (Å²) in [7, 11) is 1.82. The summed E-state index contributed by atoms with van der Waals surface area (Å²) in [6, 6.07) is 5.09. The maximum Gasteiger partial charge on any atom is 0.398 e. The van der Waals surface area contributed by atoms with Crippen LogP contribution in [0.25, 0.3) is 5.70 Å². The molecule has 2 aliphatic rings. The predicted molar refractivity (Wildman–Crippen MR) is 148 cm³/mol. The number of nitrogens with zero attached hydrogens (tertiary/aromatic N) is 4. The number of aromatic nitrogens is 2. The molecule has 1 aliphatic carbocycles. The van der Waals surface area contributed by atoms with Gasteiger partial charge in [-0.05, 0) is 55.3 Å². The summed E-state index contributed by atoms with van der Waals surface area (Å²) in [4.78, 5) is 15.2. The number of carbonyl (C=O) groups is 1. The number of alkyl halides is 3. The first kappa shape index (κ1) is 29.0. The minimum absolute atomic E-state index is 0.0935. The molecule has 4 rings (SSSR count). The summed E-state index contributed by atoms with van der Waals surface area (Å²) < 4.78 is 42.7. The molecule has 0 radical (unpaired) electrons. The Morgan fingerprint density at radius 3 is 2.65 bits per heavy atom. The number of piperazine rings is 1. The highest BCUT2D eigenvalue weighted by molar-refractivity contribution is 5.95. The summed E-state index contributed by atoms with van der Waals surface area (Å²) in [6.45, 7) is 6.81. The van der Waals surface area contributed by atoms with Crippen molar-refractivity contribution >= 4 is 11.6 Å². The Bertz CT molecular complexity index is 1370. The van der Waals surface area contributed by atoms with Crippen molar-refractivity contribution in [3.63, 3.8) is 0 Å². The second-order valence-corrected chi connectivity index (χ2v) is 9.97. The second kappa shape index (κ2) is 12.0. The Morgan fingerprint density at radius 2 is 2.00 bits per heavy atom.